The number of amides is 1. The largest absolute Gasteiger partial charge is 0.324 e. The lowest BCUT2D eigenvalue weighted by atomic mass is 10.2. The van der Waals surface area contributed by atoms with Crippen LogP contribution in [0.3, 0.4) is 0 Å². The van der Waals surface area contributed by atoms with Crippen LogP contribution in [0.25, 0.3) is 21.5 Å². The SMILES string of the molecule is O=C(Cc1csc(-c2ccccc2Cl)n1)Nc1cccc2cccnc12. The Kier molecular flexibility index (Phi) is 4.65. The number of nitrogens with zero attached hydrogens (tertiary/aromatic N) is 2. The van der Waals surface area contributed by atoms with Gasteiger partial charge in [0.15, 0.2) is 0 Å². The number of nitrogens with one attached hydrogen (secondary N) is 1. The van der Waals surface area contributed by atoms with E-state index in [4.69, 9.17) is 11.6 Å². The molecule has 0 radical (unpaired) electrons. The Hall–Kier alpha value is -2.76. The van der Waals surface area contributed by atoms with Crippen LogP contribution >= 0.6 is 22.9 Å². The summed E-state index contributed by atoms with van der Waals surface area (Å²) in [6.45, 7) is 0. The number of hydrogen-bond donors (Lipinski definition) is 1. The van der Waals surface area contributed by atoms with E-state index in [1.807, 2.05) is 60.0 Å². The molecule has 0 bridgehead atoms. The highest BCUT2D eigenvalue weighted by Crippen LogP contribution is 2.30. The van der Waals surface area contributed by atoms with Crippen molar-refractivity contribution in [1.29, 1.82) is 0 Å². The third-order valence-electron chi connectivity index (χ3n) is 3.90. The molecule has 6 heteroatoms. The van der Waals surface area contributed by atoms with Crippen LogP contribution in [-0.2, 0) is 11.2 Å². The summed E-state index contributed by atoms with van der Waals surface area (Å²) in [7, 11) is 0. The van der Waals surface area contributed by atoms with Gasteiger partial charge in [-0.15, -0.1) is 11.3 Å². The fourth-order valence-electron chi connectivity index (χ4n) is 2.71. The van der Waals surface area contributed by atoms with E-state index in [2.05, 4.69) is 15.3 Å². The van der Waals surface area contributed by atoms with E-state index >= 15 is 0 Å². The first-order valence-electron chi connectivity index (χ1n) is 8.03. The number of thiazole rings is 1. The molecule has 1 amide bonds. The minimum absolute atomic E-state index is 0.126. The van der Waals surface area contributed by atoms with Crippen LogP contribution in [0.4, 0.5) is 5.69 Å². The van der Waals surface area contributed by atoms with Gasteiger partial charge in [-0.2, -0.15) is 0 Å². The van der Waals surface area contributed by atoms with Crippen molar-refractivity contribution in [3.05, 3.63) is 76.9 Å². The van der Waals surface area contributed by atoms with E-state index in [-0.39, 0.29) is 12.3 Å². The number of para-hydroxylation sites is 1. The first-order chi connectivity index (χ1) is 12.7. The Morgan fingerprint density at radius 3 is 2.81 bits per heavy atom. The van der Waals surface area contributed by atoms with Crippen LogP contribution in [-0.4, -0.2) is 15.9 Å². The van der Waals surface area contributed by atoms with Gasteiger partial charge in [0.25, 0.3) is 0 Å². The molecule has 0 unspecified atom stereocenters. The third kappa shape index (κ3) is 3.45. The summed E-state index contributed by atoms with van der Waals surface area (Å²) in [5.41, 5.74) is 3.08. The normalized spacial score (nSPS) is 10.8. The Labute approximate surface area is 159 Å². The average Bonchev–Trinajstić information content (AvgIpc) is 3.10. The summed E-state index contributed by atoms with van der Waals surface area (Å²) >= 11 is 7.70. The molecule has 0 aliphatic carbocycles. The van der Waals surface area contributed by atoms with Crippen molar-refractivity contribution in [2.45, 2.75) is 6.42 Å². The number of rotatable bonds is 4. The Morgan fingerprint density at radius 2 is 1.92 bits per heavy atom. The van der Waals surface area contributed by atoms with Crippen LogP contribution < -0.4 is 5.32 Å². The maximum absolute atomic E-state index is 12.4. The fraction of sp³-hybridized carbons (Fsp3) is 0.0500. The molecule has 0 aliphatic rings. The van der Waals surface area contributed by atoms with Crippen LogP contribution in [0.15, 0.2) is 66.2 Å². The van der Waals surface area contributed by atoms with Gasteiger partial charge in [0.2, 0.25) is 5.91 Å². The van der Waals surface area contributed by atoms with Crippen LogP contribution in [0.1, 0.15) is 5.69 Å². The van der Waals surface area contributed by atoms with E-state index in [9.17, 15) is 4.79 Å². The summed E-state index contributed by atoms with van der Waals surface area (Å²) in [5.74, 6) is -0.126. The zero-order chi connectivity index (χ0) is 17.9. The maximum Gasteiger partial charge on any atom is 0.230 e. The number of halogens is 1. The third-order valence-corrected chi connectivity index (χ3v) is 5.16. The first-order valence-corrected chi connectivity index (χ1v) is 9.29. The molecule has 0 saturated heterocycles. The van der Waals surface area contributed by atoms with Gasteiger partial charge in [0, 0.05) is 22.5 Å². The molecular weight excluding hydrogens is 366 g/mol. The molecule has 0 atom stereocenters. The Bertz CT molecular complexity index is 1090. The van der Waals surface area contributed by atoms with E-state index in [1.54, 1.807) is 6.20 Å². The van der Waals surface area contributed by atoms with Crippen LogP contribution in [0.2, 0.25) is 5.02 Å². The molecule has 2 aromatic heterocycles. The second kappa shape index (κ2) is 7.23. The number of benzene rings is 2. The van der Waals surface area contributed by atoms with Gasteiger partial charge in [0.05, 0.1) is 28.3 Å². The van der Waals surface area contributed by atoms with Gasteiger partial charge in [-0.1, -0.05) is 48.0 Å². The molecule has 1 N–H and O–H groups in total. The number of fused-ring (bicyclic) bond motifs is 1. The molecule has 2 heterocycles. The molecule has 0 fully saturated rings. The van der Waals surface area contributed by atoms with Crippen molar-refractivity contribution in [2.75, 3.05) is 5.32 Å². The van der Waals surface area contributed by atoms with Gasteiger partial charge in [-0.3, -0.25) is 9.78 Å². The number of pyridine rings is 1. The second-order valence-electron chi connectivity index (χ2n) is 5.73. The molecule has 26 heavy (non-hydrogen) atoms. The summed E-state index contributed by atoms with van der Waals surface area (Å²) < 4.78 is 0. The summed E-state index contributed by atoms with van der Waals surface area (Å²) in [4.78, 5) is 21.3. The molecule has 4 rings (SSSR count). The molecule has 0 saturated carbocycles. The quantitative estimate of drug-likeness (QED) is 0.530. The number of aromatic nitrogens is 2. The lowest BCUT2D eigenvalue weighted by Gasteiger charge is -2.07. The van der Waals surface area contributed by atoms with Crippen molar-refractivity contribution < 1.29 is 4.79 Å². The monoisotopic (exact) mass is 379 g/mol. The molecule has 4 aromatic rings. The number of carbonyl (C=O) groups is 1. The maximum atomic E-state index is 12.4. The standard InChI is InChI=1S/C20H14ClN3OS/c21-16-8-2-1-7-15(16)20-23-14(12-26-20)11-18(25)24-17-9-3-5-13-6-4-10-22-19(13)17/h1-10,12H,11H2,(H,24,25). The molecule has 2 aromatic carbocycles. The number of anilines is 1. The smallest absolute Gasteiger partial charge is 0.230 e. The van der Waals surface area contributed by atoms with Crippen LogP contribution in [0, 0.1) is 0 Å². The van der Waals surface area contributed by atoms with Crippen LogP contribution in [0.5, 0.6) is 0 Å². The van der Waals surface area contributed by atoms with E-state index in [0.717, 1.165) is 27.2 Å². The Balaban J connectivity index is 1.51. The van der Waals surface area contributed by atoms with E-state index in [1.165, 1.54) is 11.3 Å². The van der Waals surface area contributed by atoms with Crippen molar-refractivity contribution in [3.8, 4) is 10.6 Å². The topological polar surface area (TPSA) is 54.9 Å². The predicted molar refractivity (Wildman–Crippen MR) is 107 cm³/mol. The summed E-state index contributed by atoms with van der Waals surface area (Å²) in [5, 5.41) is 7.27. The van der Waals surface area contributed by atoms with Gasteiger partial charge >= 0.3 is 0 Å². The Morgan fingerprint density at radius 1 is 1.08 bits per heavy atom. The molecule has 128 valence electrons. The lowest BCUT2D eigenvalue weighted by Crippen LogP contribution is -2.15. The van der Waals surface area contributed by atoms with Crippen molar-refractivity contribution >= 4 is 45.4 Å². The van der Waals surface area contributed by atoms with Gasteiger partial charge in [0.1, 0.15) is 5.01 Å². The molecule has 0 spiro atoms. The zero-order valence-corrected chi connectivity index (χ0v) is 15.2. The first kappa shape index (κ1) is 16.7. The predicted octanol–water partition coefficient (Wildman–Crippen LogP) is 5.19. The van der Waals surface area contributed by atoms with Crippen molar-refractivity contribution in [2.24, 2.45) is 0 Å². The molecular formula is C20H14ClN3OS. The highest BCUT2D eigenvalue weighted by Gasteiger charge is 2.12. The number of hydrogen-bond acceptors (Lipinski definition) is 4. The van der Waals surface area contributed by atoms with Crippen molar-refractivity contribution in [1.82, 2.24) is 9.97 Å². The summed E-state index contributed by atoms with van der Waals surface area (Å²) in [6, 6.07) is 17.1. The minimum Gasteiger partial charge on any atom is -0.324 e. The minimum atomic E-state index is -0.126. The molecule has 0 aliphatic heterocycles. The highest BCUT2D eigenvalue weighted by molar-refractivity contribution is 7.13. The average molecular weight is 380 g/mol. The van der Waals surface area contributed by atoms with Gasteiger partial charge in [-0.05, 0) is 18.2 Å². The van der Waals surface area contributed by atoms with E-state index < -0.39 is 0 Å². The lowest BCUT2D eigenvalue weighted by molar-refractivity contribution is -0.115. The second-order valence-corrected chi connectivity index (χ2v) is 6.99. The van der Waals surface area contributed by atoms with E-state index in [0.29, 0.717) is 10.7 Å². The number of carbonyl (C=O) groups excluding carboxylic acids is 1. The zero-order valence-electron chi connectivity index (χ0n) is 13.6. The molecule has 4 nitrogen and oxygen atoms in total. The van der Waals surface area contributed by atoms with Gasteiger partial charge in [-0.25, -0.2) is 4.98 Å². The highest BCUT2D eigenvalue weighted by atomic mass is 35.5. The fourth-order valence-corrected chi connectivity index (χ4v) is 3.85. The van der Waals surface area contributed by atoms with Crippen molar-refractivity contribution in [3.63, 3.8) is 0 Å². The summed E-state index contributed by atoms with van der Waals surface area (Å²) in [6.07, 6.45) is 1.92. The van der Waals surface area contributed by atoms with Gasteiger partial charge < -0.3 is 5.32 Å².